The highest BCUT2D eigenvalue weighted by molar-refractivity contribution is 5.59. The number of phenols is 1. The SMILES string of the molecule is CC(O)C1(C(C)O)C=Cc2cccc(O)c2CO1. The van der Waals surface area contributed by atoms with E-state index in [1.54, 1.807) is 38.1 Å². The van der Waals surface area contributed by atoms with Gasteiger partial charge in [0.2, 0.25) is 0 Å². The topological polar surface area (TPSA) is 69.9 Å². The Morgan fingerprint density at radius 3 is 2.50 bits per heavy atom. The predicted molar refractivity (Wildman–Crippen MR) is 68.0 cm³/mol. The van der Waals surface area contributed by atoms with Gasteiger partial charge in [-0.2, -0.15) is 0 Å². The lowest BCUT2D eigenvalue weighted by molar-refractivity contribution is -0.148. The molecule has 0 saturated carbocycles. The maximum absolute atomic E-state index is 9.87. The number of ether oxygens (including phenoxy) is 1. The molecule has 2 atom stereocenters. The van der Waals surface area contributed by atoms with Gasteiger partial charge in [0.1, 0.15) is 11.4 Å². The maximum atomic E-state index is 9.87. The van der Waals surface area contributed by atoms with Gasteiger partial charge in [0, 0.05) is 5.56 Å². The van der Waals surface area contributed by atoms with Crippen LogP contribution in [0.3, 0.4) is 0 Å². The fraction of sp³-hybridized carbons (Fsp3) is 0.429. The second kappa shape index (κ2) is 4.72. The average Bonchev–Trinajstić information content (AvgIpc) is 2.50. The highest BCUT2D eigenvalue weighted by Crippen LogP contribution is 2.33. The zero-order valence-corrected chi connectivity index (χ0v) is 10.5. The number of hydrogen-bond donors (Lipinski definition) is 3. The number of phenolic OH excluding ortho intramolecular Hbond substituents is 1. The van der Waals surface area contributed by atoms with Crippen LogP contribution in [0.4, 0.5) is 0 Å². The molecule has 0 saturated heterocycles. The monoisotopic (exact) mass is 250 g/mol. The first-order valence-corrected chi connectivity index (χ1v) is 5.97. The summed E-state index contributed by atoms with van der Waals surface area (Å²) in [5, 5.41) is 29.5. The second-order valence-corrected chi connectivity index (χ2v) is 4.67. The number of aliphatic hydroxyl groups excluding tert-OH is 2. The summed E-state index contributed by atoms with van der Waals surface area (Å²) in [6, 6.07) is 5.19. The van der Waals surface area contributed by atoms with Crippen molar-refractivity contribution in [2.24, 2.45) is 0 Å². The molecule has 0 bridgehead atoms. The minimum absolute atomic E-state index is 0.144. The summed E-state index contributed by atoms with van der Waals surface area (Å²) >= 11 is 0. The third-order valence-corrected chi connectivity index (χ3v) is 3.48. The molecule has 0 fully saturated rings. The molecule has 4 nitrogen and oxygen atoms in total. The number of aromatic hydroxyl groups is 1. The van der Waals surface area contributed by atoms with Crippen molar-refractivity contribution in [1.82, 2.24) is 0 Å². The van der Waals surface area contributed by atoms with Gasteiger partial charge in [0.15, 0.2) is 0 Å². The molecule has 1 heterocycles. The van der Waals surface area contributed by atoms with E-state index in [4.69, 9.17) is 4.74 Å². The fourth-order valence-corrected chi connectivity index (χ4v) is 2.24. The summed E-state index contributed by atoms with van der Waals surface area (Å²) in [6.07, 6.45) is 1.71. The Kier molecular flexibility index (Phi) is 3.43. The van der Waals surface area contributed by atoms with Crippen LogP contribution < -0.4 is 0 Å². The molecule has 0 spiro atoms. The van der Waals surface area contributed by atoms with E-state index in [9.17, 15) is 15.3 Å². The van der Waals surface area contributed by atoms with E-state index in [1.165, 1.54) is 0 Å². The van der Waals surface area contributed by atoms with E-state index in [0.29, 0.717) is 5.56 Å². The van der Waals surface area contributed by atoms with Crippen LogP contribution in [0.1, 0.15) is 25.0 Å². The first kappa shape index (κ1) is 13.1. The summed E-state index contributed by atoms with van der Waals surface area (Å²) in [5.74, 6) is 0.157. The zero-order chi connectivity index (χ0) is 13.3. The van der Waals surface area contributed by atoms with Crippen LogP contribution in [-0.2, 0) is 11.3 Å². The Balaban J connectivity index is 2.44. The van der Waals surface area contributed by atoms with Crippen molar-refractivity contribution < 1.29 is 20.1 Å². The Labute approximate surface area is 106 Å². The van der Waals surface area contributed by atoms with Crippen molar-refractivity contribution in [2.45, 2.75) is 38.3 Å². The maximum Gasteiger partial charge on any atom is 0.138 e. The molecule has 2 unspecified atom stereocenters. The van der Waals surface area contributed by atoms with E-state index in [2.05, 4.69) is 0 Å². The van der Waals surface area contributed by atoms with Gasteiger partial charge < -0.3 is 20.1 Å². The van der Waals surface area contributed by atoms with Crippen molar-refractivity contribution in [3.63, 3.8) is 0 Å². The van der Waals surface area contributed by atoms with E-state index in [-0.39, 0.29) is 12.4 Å². The van der Waals surface area contributed by atoms with E-state index >= 15 is 0 Å². The number of fused-ring (bicyclic) bond motifs is 1. The van der Waals surface area contributed by atoms with Crippen LogP contribution in [0, 0.1) is 0 Å². The van der Waals surface area contributed by atoms with Crippen LogP contribution in [0.5, 0.6) is 5.75 Å². The highest BCUT2D eigenvalue weighted by atomic mass is 16.5. The molecule has 1 aliphatic rings. The molecular formula is C14H18O4. The molecule has 0 aromatic heterocycles. The minimum atomic E-state index is -1.15. The van der Waals surface area contributed by atoms with Crippen LogP contribution in [-0.4, -0.2) is 33.1 Å². The Morgan fingerprint density at radius 2 is 1.89 bits per heavy atom. The lowest BCUT2D eigenvalue weighted by Gasteiger charge is -2.35. The summed E-state index contributed by atoms with van der Waals surface area (Å²) in [6.45, 7) is 3.30. The van der Waals surface area contributed by atoms with Gasteiger partial charge in [0.25, 0.3) is 0 Å². The number of hydrogen-bond acceptors (Lipinski definition) is 4. The molecule has 0 amide bonds. The normalized spacial score (nSPS) is 26.2. The molecule has 4 heteroatoms. The molecule has 0 radical (unpaired) electrons. The summed E-state index contributed by atoms with van der Waals surface area (Å²) in [7, 11) is 0. The van der Waals surface area contributed by atoms with Crippen molar-refractivity contribution in [2.75, 3.05) is 0 Å². The molecule has 1 aromatic carbocycles. The molecule has 1 aromatic rings. The predicted octanol–water partition coefficient (Wildman–Crippen LogP) is 1.44. The third kappa shape index (κ3) is 2.03. The molecule has 0 aliphatic carbocycles. The molecule has 3 N–H and O–H groups in total. The van der Waals surface area contributed by atoms with Gasteiger partial charge in [-0.15, -0.1) is 0 Å². The standard InChI is InChI=1S/C14H18O4/c1-9(15)14(10(2)16)7-6-11-4-3-5-13(17)12(11)8-18-14/h3-7,9-10,15-17H,8H2,1-2H3. The second-order valence-electron chi connectivity index (χ2n) is 4.67. The number of rotatable bonds is 2. The van der Waals surface area contributed by atoms with Crippen LogP contribution in [0.2, 0.25) is 0 Å². The number of aliphatic hydroxyl groups is 2. The molecule has 98 valence electrons. The Morgan fingerprint density at radius 1 is 1.22 bits per heavy atom. The van der Waals surface area contributed by atoms with Crippen LogP contribution in [0.25, 0.3) is 6.08 Å². The van der Waals surface area contributed by atoms with Gasteiger partial charge in [-0.25, -0.2) is 0 Å². The smallest absolute Gasteiger partial charge is 0.138 e. The van der Waals surface area contributed by atoms with Crippen molar-refractivity contribution in [3.8, 4) is 5.75 Å². The lowest BCUT2D eigenvalue weighted by Crippen LogP contribution is -2.50. The Bertz CT molecular complexity index is 455. The van der Waals surface area contributed by atoms with Gasteiger partial charge in [-0.05, 0) is 31.6 Å². The molecule has 18 heavy (non-hydrogen) atoms. The minimum Gasteiger partial charge on any atom is -0.508 e. The van der Waals surface area contributed by atoms with Gasteiger partial charge in [-0.3, -0.25) is 0 Å². The van der Waals surface area contributed by atoms with Gasteiger partial charge >= 0.3 is 0 Å². The zero-order valence-electron chi connectivity index (χ0n) is 10.5. The van der Waals surface area contributed by atoms with E-state index in [0.717, 1.165) is 5.56 Å². The fourth-order valence-electron chi connectivity index (χ4n) is 2.24. The average molecular weight is 250 g/mol. The largest absolute Gasteiger partial charge is 0.508 e. The number of benzene rings is 1. The van der Waals surface area contributed by atoms with Crippen molar-refractivity contribution in [3.05, 3.63) is 35.4 Å². The lowest BCUT2D eigenvalue weighted by atomic mass is 9.91. The van der Waals surface area contributed by atoms with E-state index in [1.807, 2.05) is 6.07 Å². The van der Waals surface area contributed by atoms with Crippen LogP contribution >= 0.6 is 0 Å². The molecule has 1 aliphatic heterocycles. The Hall–Kier alpha value is -1.36. The summed E-state index contributed by atoms with van der Waals surface area (Å²) < 4.78 is 5.67. The first-order chi connectivity index (χ1) is 8.47. The van der Waals surface area contributed by atoms with Gasteiger partial charge in [0.05, 0.1) is 18.8 Å². The first-order valence-electron chi connectivity index (χ1n) is 5.97. The highest BCUT2D eigenvalue weighted by Gasteiger charge is 2.40. The summed E-state index contributed by atoms with van der Waals surface area (Å²) in [4.78, 5) is 0. The van der Waals surface area contributed by atoms with E-state index < -0.39 is 17.8 Å². The van der Waals surface area contributed by atoms with Crippen molar-refractivity contribution in [1.29, 1.82) is 0 Å². The van der Waals surface area contributed by atoms with Crippen LogP contribution in [0.15, 0.2) is 24.3 Å². The van der Waals surface area contributed by atoms with Gasteiger partial charge in [-0.1, -0.05) is 18.2 Å². The third-order valence-electron chi connectivity index (χ3n) is 3.48. The molecular weight excluding hydrogens is 232 g/mol. The quantitative estimate of drug-likeness (QED) is 0.742. The van der Waals surface area contributed by atoms with Crippen molar-refractivity contribution >= 4 is 6.08 Å². The molecule has 2 rings (SSSR count). The summed E-state index contributed by atoms with van der Waals surface area (Å²) in [5.41, 5.74) is 0.348.